The molecule has 0 saturated heterocycles. The Labute approximate surface area is 110 Å². The second kappa shape index (κ2) is 5.60. The van der Waals surface area contributed by atoms with Crippen LogP contribution < -0.4 is 4.74 Å². The number of methoxy groups -OCH3 is 1. The van der Waals surface area contributed by atoms with Gasteiger partial charge in [-0.05, 0) is 40.0 Å². The number of rotatable bonds is 4. The van der Waals surface area contributed by atoms with E-state index in [0.717, 1.165) is 12.1 Å². The summed E-state index contributed by atoms with van der Waals surface area (Å²) in [6.07, 6.45) is -4.77. The van der Waals surface area contributed by atoms with E-state index in [9.17, 15) is 18.0 Å². The first kappa shape index (κ1) is 14.8. The molecule has 0 saturated carbocycles. The molecule has 0 spiro atoms. The molecule has 7 heteroatoms. The lowest BCUT2D eigenvalue weighted by molar-refractivity contribution is -0.138. The van der Waals surface area contributed by atoms with Crippen molar-refractivity contribution in [1.82, 2.24) is 0 Å². The highest BCUT2D eigenvalue weighted by molar-refractivity contribution is 9.10. The van der Waals surface area contributed by atoms with Gasteiger partial charge in [0.15, 0.2) is 0 Å². The molecule has 0 radical (unpaired) electrons. The third kappa shape index (κ3) is 3.63. The Hall–Kier alpha value is -1.24. The molecule has 3 nitrogen and oxygen atoms in total. The van der Waals surface area contributed by atoms with Crippen molar-refractivity contribution in [3.8, 4) is 5.75 Å². The monoisotopic (exact) mass is 326 g/mol. The summed E-state index contributed by atoms with van der Waals surface area (Å²) >= 11 is 2.99. The van der Waals surface area contributed by atoms with Gasteiger partial charge in [0.05, 0.1) is 17.1 Å². The average molecular weight is 327 g/mol. The molecule has 0 fully saturated rings. The van der Waals surface area contributed by atoms with E-state index >= 15 is 0 Å². The molecule has 0 aliphatic heterocycles. The van der Waals surface area contributed by atoms with Crippen LogP contribution in [-0.2, 0) is 17.4 Å². The fourth-order valence-electron chi connectivity index (χ4n) is 1.47. The van der Waals surface area contributed by atoms with Crippen molar-refractivity contribution in [3.63, 3.8) is 0 Å². The Morgan fingerprint density at radius 3 is 2.50 bits per heavy atom. The van der Waals surface area contributed by atoms with Gasteiger partial charge in [-0.15, -0.1) is 0 Å². The van der Waals surface area contributed by atoms with Crippen LogP contribution in [0.25, 0.3) is 0 Å². The average Bonchev–Trinajstić information content (AvgIpc) is 2.24. The molecule has 18 heavy (non-hydrogen) atoms. The number of aliphatic carboxylic acids is 1. The standard InChI is InChI=1S/C11H10BrF3O3/c1-18-10-6(2-3-9(16)17)4-7(5-8(10)12)11(13,14)15/h4-5H,2-3H2,1H3,(H,16,17). The number of alkyl halides is 3. The summed E-state index contributed by atoms with van der Waals surface area (Å²) in [5.74, 6) is -0.852. The van der Waals surface area contributed by atoms with E-state index in [4.69, 9.17) is 9.84 Å². The van der Waals surface area contributed by atoms with Gasteiger partial charge in [-0.25, -0.2) is 0 Å². The Balaban J connectivity index is 3.19. The molecule has 100 valence electrons. The molecule has 1 N–H and O–H groups in total. The molecule has 0 aliphatic carbocycles. The van der Waals surface area contributed by atoms with Crippen LogP contribution >= 0.6 is 15.9 Å². The topological polar surface area (TPSA) is 46.5 Å². The summed E-state index contributed by atoms with van der Waals surface area (Å²) < 4.78 is 42.9. The van der Waals surface area contributed by atoms with Crippen LogP contribution in [0.3, 0.4) is 0 Å². The van der Waals surface area contributed by atoms with Crippen molar-refractivity contribution < 1.29 is 27.8 Å². The summed E-state index contributed by atoms with van der Waals surface area (Å²) in [5.41, 5.74) is -0.628. The maximum atomic E-state index is 12.6. The van der Waals surface area contributed by atoms with Gasteiger partial charge in [0.1, 0.15) is 5.75 Å². The lowest BCUT2D eigenvalue weighted by Crippen LogP contribution is -2.08. The third-order valence-electron chi connectivity index (χ3n) is 2.26. The van der Waals surface area contributed by atoms with Crippen LogP contribution in [0.1, 0.15) is 17.5 Å². The van der Waals surface area contributed by atoms with Crippen LogP contribution in [0.15, 0.2) is 16.6 Å². The first-order valence-corrected chi connectivity index (χ1v) is 5.70. The lowest BCUT2D eigenvalue weighted by Gasteiger charge is -2.14. The van der Waals surface area contributed by atoms with Gasteiger partial charge in [0, 0.05) is 6.42 Å². The molecular formula is C11H10BrF3O3. The lowest BCUT2D eigenvalue weighted by atomic mass is 10.0. The molecule has 0 aromatic heterocycles. The summed E-state index contributed by atoms with van der Waals surface area (Å²) in [6.45, 7) is 0. The van der Waals surface area contributed by atoms with Gasteiger partial charge in [-0.2, -0.15) is 13.2 Å². The number of hydrogen-bond donors (Lipinski definition) is 1. The Morgan fingerprint density at radius 1 is 1.44 bits per heavy atom. The first-order chi connectivity index (χ1) is 8.25. The molecule has 0 atom stereocenters. The highest BCUT2D eigenvalue weighted by Crippen LogP contribution is 2.38. The molecule has 1 rings (SSSR count). The zero-order valence-corrected chi connectivity index (χ0v) is 10.9. The van der Waals surface area contributed by atoms with Crippen LogP contribution in [0.2, 0.25) is 0 Å². The van der Waals surface area contributed by atoms with E-state index in [-0.39, 0.29) is 28.6 Å². The number of benzene rings is 1. The summed E-state index contributed by atoms with van der Waals surface area (Å²) in [6, 6.07) is 1.82. The Kier molecular flexibility index (Phi) is 4.61. The minimum atomic E-state index is -4.48. The molecule has 0 aliphatic rings. The van der Waals surface area contributed by atoms with Gasteiger partial charge in [-0.3, -0.25) is 4.79 Å². The van der Waals surface area contributed by atoms with Crippen molar-refractivity contribution in [1.29, 1.82) is 0 Å². The van der Waals surface area contributed by atoms with Crippen molar-refractivity contribution in [2.24, 2.45) is 0 Å². The quantitative estimate of drug-likeness (QED) is 0.921. The molecule has 0 unspecified atom stereocenters. The van der Waals surface area contributed by atoms with Gasteiger partial charge >= 0.3 is 12.1 Å². The second-order valence-corrected chi connectivity index (χ2v) is 4.40. The number of halogens is 4. The number of carbonyl (C=O) groups is 1. The van der Waals surface area contributed by atoms with E-state index in [0.29, 0.717) is 0 Å². The first-order valence-electron chi connectivity index (χ1n) is 4.91. The van der Waals surface area contributed by atoms with E-state index < -0.39 is 17.7 Å². The smallest absolute Gasteiger partial charge is 0.416 e. The zero-order chi connectivity index (χ0) is 13.9. The van der Waals surface area contributed by atoms with Gasteiger partial charge in [0.2, 0.25) is 0 Å². The van der Waals surface area contributed by atoms with Crippen molar-refractivity contribution in [3.05, 3.63) is 27.7 Å². The largest absolute Gasteiger partial charge is 0.495 e. The highest BCUT2D eigenvalue weighted by Gasteiger charge is 2.32. The summed E-state index contributed by atoms with van der Waals surface area (Å²) in [7, 11) is 1.32. The molecule has 0 amide bonds. The minimum Gasteiger partial charge on any atom is -0.495 e. The minimum absolute atomic E-state index is 0.0268. The fourth-order valence-corrected chi connectivity index (χ4v) is 2.13. The second-order valence-electron chi connectivity index (χ2n) is 3.54. The van der Waals surface area contributed by atoms with Crippen LogP contribution in [-0.4, -0.2) is 18.2 Å². The molecule has 1 aromatic carbocycles. The predicted molar refractivity (Wildman–Crippen MR) is 61.7 cm³/mol. The number of hydrogen-bond acceptors (Lipinski definition) is 2. The van der Waals surface area contributed by atoms with Gasteiger partial charge in [-0.1, -0.05) is 0 Å². The van der Waals surface area contributed by atoms with Crippen LogP contribution in [0.5, 0.6) is 5.75 Å². The van der Waals surface area contributed by atoms with Crippen molar-refractivity contribution in [2.75, 3.05) is 7.11 Å². The normalized spacial score (nSPS) is 11.4. The molecule has 0 bridgehead atoms. The number of aryl methyl sites for hydroxylation is 1. The zero-order valence-electron chi connectivity index (χ0n) is 9.34. The van der Waals surface area contributed by atoms with Crippen LogP contribution in [0, 0.1) is 0 Å². The maximum Gasteiger partial charge on any atom is 0.416 e. The predicted octanol–water partition coefficient (Wildman–Crippen LogP) is 3.49. The van der Waals surface area contributed by atoms with E-state index in [1.165, 1.54) is 7.11 Å². The Morgan fingerprint density at radius 2 is 2.06 bits per heavy atom. The van der Waals surface area contributed by atoms with Crippen LogP contribution in [0.4, 0.5) is 13.2 Å². The number of ether oxygens (including phenoxy) is 1. The third-order valence-corrected chi connectivity index (χ3v) is 2.85. The SMILES string of the molecule is COc1c(Br)cc(C(F)(F)F)cc1CCC(=O)O. The van der Waals surface area contributed by atoms with Gasteiger partial charge < -0.3 is 9.84 Å². The van der Waals surface area contributed by atoms with E-state index in [2.05, 4.69) is 15.9 Å². The molecule has 1 aromatic rings. The summed E-state index contributed by atoms with van der Waals surface area (Å²) in [4.78, 5) is 10.5. The van der Waals surface area contributed by atoms with E-state index in [1.807, 2.05) is 0 Å². The molecular weight excluding hydrogens is 317 g/mol. The number of carboxylic acid groups (broad SMARTS) is 1. The van der Waals surface area contributed by atoms with Crippen molar-refractivity contribution >= 4 is 21.9 Å². The fraction of sp³-hybridized carbons (Fsp3) is 0.364. The maximum absolute atomic E-state index is 12.6. The highest BCUT2D eigenvalue weighted by atomic mass is 79.9. The Bertz CT molecular complexity index is 458. The van der Waals surface area contributed by atoms with Gasteiger partial charge in [0.25, 0.3) is 0 Å². The van der Waals surface area contributed by atoms with Crippen molar-refractivity contribution in [2.45, 2.75) is 19.0 Å². The number of carboxylic acids is 1. The molecule has 0 heterocycles. The summed E-state index contributed by atoms with van der Waals surface area (Å²) in [5, 5.41) is 8.56. The van der Waals surface area contributed by atoms with E-state index in [1.54, 1.807) is 0 Å².